The standard InChI is InChI=1S/C15H24N2O/c1-17(2)11-12-7-8-15(18-3)13(10-12)14-6-4-5-9-16-14/h7-8,10,14,16H,4-6,9,11H2,1-3H3. The highest BCUT2D eigenvalue weighted by Gasteiger charge is 2.18. The number of piperidine rings is 1. The van der Waals surface area contributed by atoms with Crippen LogP contribution in [0.2, 0.25) is 0 Å². The molecule has 0 saturated carbocycles. The van der Waals surface area contributed by atoms with Crippen LogP contribution in [0.3, 0.4) is 0 Å². The number of hydrogen-bond acceptors (Lipinski definition) is 3. The normalized spacial score (nSPS) is 20.1. The van der Waals surface area contributed by atoms with Gasteiger partial charge in [-0.05, 0) is 51.2 Å². The van der Waals surface area contributed by atoms with Crippen LogP contribution in [0.25, 0.3) is 0 Å². The Kier molecular flexibility index (Phi) is 4.61. The first-order valence-electron chi connectivity index (χ1n) is 6.75. The lowest BCUT2D eigenvalue weighted by molar-refractivity contribution is 0.370. The Hall–Kier alpha value is -1.06. The summed E-state index contributed by atoms with van der Waals surface area (Å²) in [6.45, 7) is 2.09. The van der Waals surface area contributed by atoms with Gasteiger partial charge in [-0.3, -0.25) is 0 Å². The third-order valence-electron chi connectivity index (χ3n) is 3.48. The Morgan fingerprint density at radius 2 is 2.17 bits per heavy atom. The van der Waals surface area contributed by atoms with Gasteiger partial charge in [0.05, 0.1) is 7.11 Å². The molecule has 0 bridgehead atoms. The smallest absolute Gasteiger partial charge is 0.123 e. The summed E-state index contributed by atoms with van der Waals surface area (Å²) in [4.78, 5) is 2.19. The summed E-state index contributed by atoms with van der Waals surface area (Å²) >= 11 is 0. The van der Waals surface area contributed by atoms with Gasteiger partial charge in [-0.15, -0.1) is 0 Å². The van der Waals surface area contributed by atoms with E-state index in [9.17, 15) is 0 Å². The fraction of sp³-hybridized carbons (Fsp3) is 0.600. The van der Waals surface area contributed by atoms with Crippen molar-refractivity contribution >= 4 is 0 Å². The quantitative estimate of drug-likeness (QED) is 0.886. The second kappa shape index (κ2) is 6.21. The summed E-state index contributed by atoms with van der Waals surface area (Å²) in [7, 11) is 5.96. The molecule has 1 N–H and O–H groups in total. The van der Waals surface area contributed by atoms with E-state index in [0.29, 0.717) is 6.04 Å². The summed E-state index contributed by atoms with van der Waals surface area (Å²) in [6.07, 6.45) is 3.80. The van der Waals surface area contributed by atoms with Crippen LogP contribution >= 0.6 is 0 Å². The van der Waals surface area contributed by atoms with Crippen LogP contribution in [0.1, 0.15) is 36.4 Å². The van der Waals surface area contributed by atoms with Crippen molar-refractivity contribution in [3.8, 4) is 5.75 Å². The average Bonchev–Trinajstić information content (AvgIpc) is 2.39. The lowest BCUT2D eigenvalue weighted by Gasteiger charge is -2.26. The topological polar surface area (TPSA) is 24.5 Å². The van der Waals surface area contributed by atoms with Crippen molar-refractivity contribution in [1.29, 1.82) is 0 Å². The Balaban J connectivity index is 2.23. The summed E-state index contributed by atoms with van der Waals surface area (Å²) in [5.74, 6) is 1.01. The number of ether oxygens (including phenoxy) is 1. The molecule has 1 unspecified atom stereocenters. The molecule has 0 aliphatic carbocycles. The molecule has 1 heterocycles. The second-order valence-electron chi connectivity index (χ2n) is 5.32. The number of methoxy groups -OCH3 is 1. The van der Waals surface area contributed by atoms with Crippen LogP contribution in [0.5, 0.6) is 5.75 Å². The first-order chi connectivity index (χ1) is 8.70. The molecule has 0 spiro atoms. The van der Waals surface area contributed by atoms with E-state index in [-0.39, 0.29) is 0 Å². The summed E-state index contributed by atoms with van der Waals surface area (Å²) in [5.41, 5.74) is 2.67. The molecule has 1 aromatic rings. The molecule has 18 heavy (non-hydrogen) atoms. The molecule has 0 radical (unpaired) electrons. The van der Waals surface area contributed by atoms with Gasteiger partial charge in [-0.1, -0.05) is 12.5 Å². The first-order valence-corrected chi connectivity index (χ1v) is 6.75. The van der Waals surface area contributed by atoms with Gasteiger partial charge in [0.1, 0.15) is 5.75 Å². The van der Waals surface area contributed by atoms with Gasteiger partial charge in [-0.2, -0.15) is 0 Å². The Labute approximate surface area is 110 Å². The minimum atomic E-state index is 0.454. The van der Waals surface area contributed by atoms with E-state index >= 15 is 0 Å². The van der Waals surface area contributed by atoms with Crippen LogP contribution in [-0.2, 0) is 6.54 Å². The molecule has 1 aromatic carbocycles. The molecule has 100 valence electrons. The summed E-state index contributed by atoms with van der Waals surface area (Å²) < 4.78 is 5.50. The van der Waals surface area contributed by atoms with E-state index < -0.39 is 0 Å². The van der Waals surface area contributed by atoms with Gasteiger partial charge in [0.25, 0.3) is 0 Å². The zero-order valence-corrected chi connectivity index (χ0v) is 11.7. The monoisotopic (exact) mass is 248 g/mol. The molecule has 1 saturated heterocycles. The van der Waals surface area contributed by atoms with Crippen molar-refractivity contribution in [2.75, 3.05) is 27.7 Å². The fourth-order valence-electron chi connectivity index (χ4n) is 2.64. The second-order valence-corrected chi connectivity index (χ2v) is 5.32. The summed E-state index contributed by atoms with van der Waals surface area (Å²) in [5, 5.41) is 3.60. The largest absolute Gasteiger partial charge is 0.496 e. The highest BCUT2D eigenvalue weighted by Crippen LogP contribution is 2.31. The average molecular weight is 248 g/mol. The van der Waals surface area contributed by atoms with E-state index in [1.807, 2.05) is 0 Å². The van der Waals surface area contributed by atoms with E-state index in [4.69, 9.17) is 4.74 Å². The number of rotatable bonds is 4. The molecule has 2 rings (SSSR count). The van der Waals surface area contributed by atoms with E-state index in [1.54, 1.807) is 7.11 Å². The predicted octanol–water partition coefficient (Wildman–Crippen LogP) is 2.57. The Bertz CT molecular complexity index is 384. The van der Waals surface area contributed by atoms with Gasteiger partial charge in [0, 0.05) is 18.2 Å². The number of benzene rings is 1. The highest BCUT2D eigenvalue weighted by atomic mass is 16.5. The van der Waals surface area contributed by atoms with Crippen molar-refractivity contribution in [3.63, 3.8) is 0 Å². The fourth-order valence-corrected chi connectivity index (χ4v) is 2.64. The van der Waals surface area contributed by atoms with Gasteiger partial charge in [-0.25, -0.2) is 0 Å². The maximum Gasteiger partial charge on any atom is 0.123 e. The third-order valence-corrected chi connectivity index (χ3v) is 3.48. The van der Waals surface area contributed by atoms with Crippen molar-refractivity contribution in [3.05, 3.63) is 29.3 Å². The zero-order chi connectivity index (χ0) is 13.0. The minimum absolute atomic E-state index is 0.454. The zero-order valence-electron chi connectivity index (χ0n) is 11.7. The molecule has 0 aromatic heterocycles. The van der Waals surface area contributed by atoms with E-state index in [1.165, 1.54) is 30.4 Å². The van der Waals surface area contributed by atoms with Crippen molar-refractivity contribution < 1.29 is 4.74 Å². The molecule has 0 amide bonds. The Morgan fingerprint density at radius 3 is 2.78 bits per heavy atom. The predicted molar refractivity (Wildman–Crippen MR) is 75.0 cm³/mol. The van der Waals surface area contributed by atoms with E-state index in [0.717, 1.165) is 18.8 Å². The van der Waals surface area contributed by atoms with Crippen LogP contribution < -0.4 is 10.1 Å². The first kappa shape index (κ1) is 13.4. The van der Waals surface area contributed by atoms with Gasteiger partial charge in [0.2, 0.25) is 0 Å². The van der Waals surface area contributed by atoms with Crippen molar-refractivity contribution in [1.82, 2.24) is 10.2 Å². The molecule has 1 aliphatic rings. The number of nitrogens with zero attached hydrogens (tertiary/aromatic N) is 1. The molecule has 3 nitrogen and oxygen atoms in total. The maximum atomic E-state index is 5.50. The van der Waals surface area contributed by atoms with Crippen LogP contribution in [0.15, 0.2) is 18.2 Å². The van der Waals surface area contributed by atoms with Gasteiger partial charge >= 0.3 is 0 Å². The minimum Gasteiger partial charge on any atom is -0.496 e. The lowest BCUT2D eigenvalue weighted by atomic mass is 9.95. The maximum absolute atomic E-state index is 5.50. The van der Waals surface area contributed by atoms with Crippen LogP contribution in [0.4, 0.5) is 0 Å². The Morgan fingerprint density at radius 1 is 1.33 bits per heavy atom. The number of hydrogen-bond donors (Lipinski definition) is 1. The van der Waals surface area contributed by atoms with Crippen LogP contribution in [-0.4, -0.2) is 32.6 Å². The van der Waals surface area contributed by atoms with Crippen molar-refractivity contribution in [2.45, 2.75) is 31.8 Å². The van der Waals surface area contributed by atoms with Gasteiger partial charge in [0.15, 0.2) is 0 Å². The molecule has 1 fully saturated rings. The highest BCUT2D eigenvalue weighted by molar-refractivity contribution is 5.39. The molecular formula is C15H24N2O. The van der Waals surface area contributed by atoms with E-state index in [2.05, 4.69) is 42.5 Å². The number of nitrogens with one attached hydrogen (secondary N) is 1. The molecular weight excluding hydrogens is 224 g/mol. The van der Waals surface area contributed by atoms with Crippen LogP contribution in [0, 0.1) is 0 Å². The van der Waals surface area contributed by atoms with Crippen molar-refractivity contribution in [2.24, 2.45) is 0 Å². The third kappa shape index (κ3) is 3.24. The summed E-state index contributed by atoms with van der Waals surface area (Å²) in [6, 6.07) is 7.01. The molecule has 3 heteroatoms. The molecule has 1 atom stereocenters. The molecule has 1 aliphatic heterocycles. The lowest BCUT2D eigenvalue weighted by Crippen LogP contribution is -2.27. The van der Waals surface area contributed by atoms with Gasteiger partial charge < -0.3 is 15.0 Å². The SMILES string of the molecule is COc1ccc(CN(C)C)cc1C1CCCCN1.